The highest BCUT2D eigenvalue weighted by atomic mass is 35.5. The zero-order valence-corrected chi connectivity index (χ0v) is 14.4. The van der Waals surface area contributed by atoms with Crippen LogP contribution in [0.25, 0.3) is 0 Å². The topological polar surface area (TPSA) is 66.7 Å². The standard InChI is InChI=1S/C16H16ClN3O3S/c17-16-4-2-13(24-16)10-18-5-7-19(8-6-18)14-3-1-12(11-21)9-15(14)20(22)23/h1-4,9,11H,5-8,10H2. The van der Waals surface area contributed by atoms with Crippen LogP contribution >= 0.6 is 22.9 Å². The van der Waals surface area contributed by atoms with E-state index in [0.717, 1.165) is 24.0 Å². The molecule has 0 N–H and O–H groups in total. The summed E-state index contributed by atoms with van der Waals surface area (Å²) >= 11 is 7.53. The molecule has 126 valence electrons. The highest BCUT2D eigenvalue weighted by molar-refractivity contribution is 7.16. The second-order valence-electron chi connectivity index (χ2n) is 5.59. The van der Waals surface area contributed by atoms with Crippen molar-refractivity contribution in [3.63, 3.8) is 0 Å². The Hall–Kier alpha value is -1.96. The van der Waals surface area contributed by atoms with Crippen LogP contribution in [0.3, 0.4) is 0 Å². The van der Waals surface area contributed by atoms with Crippen LogP contribution in [0.5, 0.6) is 0 Å². The fourth-order valence-electron chi connectivity index (χ4n) is 2.83. The fourth-order valence-corrected chi connectivity index (χ4v) is 3.96. The van der Waals surface area contributed by atoms with E-state index in [4.69, 9.17) is 11.6 Å². The molecule has 1 saturated heterocycles. The Bertz CT molecular complexity index is 757. The molecule has 2 aromatic rings. The lowest BCUT2D eigenvalue weighted by Gasteiger charge is -2.35. The molecule has 1 aromatic carbocycles. The number of aldehydes is 1. The number of carbonyl (C=O) groups excluding carboxylic acids is 1. The predicted molar refractivity (Wildman–Crippen MR) is 95.3 cm³/mol. The molecular formula is C16H16ClN3O3S. The van der Waals surface area contributed by atoms with Crippen LogP contribution in [-0.4, -0.2) is 42.3 Å². The van der Waals surface area contributed by atoms with E-state index in [2.05, 4.69) is 4.90 Å². The minimum Gasteiger partial charge on any atom is -0.363 e. The van der Waals surface area contributed by atoms with Crippen molar-refractivity contribution < 1.29 is 9.72 Å². The third-order valence-corrected chi connectivity index (χ3v) is 5.27. The van der Waals surface area contributed by atoms with Crippen LogP contribution in [0, 0.1) is 10.1 Å². The Morgan fingerprint density at radius 1 is 1.21 bits per heavy atom. The number of halogens is 1. The number of hydrogen-bond acceptors (Lipinski definition) is 6. The van der Waals surface area contributed by atoms with Gasteiger partial charge in [0.05, 0.1) is 9.26 Å². The molecule has 0 radical (unpaired) electrons. The number of benzene rings is 1. The minimum atomic E-state index is -0.428. The van der Waals surface area contributed by atoms with E-state index < -0.39 is 4.92 Å². The van der Waals surface area contributed by atoms with Crippen molar-refractivity contribution >= 4 is 40.6 Å². The Balaban J connectivity index is 1.68. The number of rotatable bonds is 5. The first-order valence-corrected chi connectivity index (χ1v) is 8.71. The number of carbonyl (C=O) groups is 1. The maximum atomic E-state index is 11.3. The molecule has 24 heavy (non-hydrogen) atoms. The third kappa shape index (κ3) is 3.75. The quantitative estimate of drug-likeness (QED) is 0.461. The van der Waals surface area contributed by atoms with Crippen molar-refractivity contribution in [2.24, 2.45) is 0 Å². The van der Waals surface area contributed by atoms with Gasteiger partial charge < -0.3 is 4.90 Å². The lowest BCUT2D eigenvalue weighted by atomic mass is 10.1. The number of anilines is 1. The van der Waals surface area contributed by atoms with Crippen molar-refractivity contribution in [3.05, 3.63) is 55.2 Å². The Morgan fingerprint density at radius 2 is 1.96 bits per heavy atom. The van der Waals surface area contributed by atoms with Crippen molar-refractivity contribution in [3.8, 4) is 0 Å². The molecule has 0 bridgehead atoms. The average molecular weight is 366 g/mol. The number of piperazine rings is 1. The molecule has 0 unspecified atom stereocenters. The summed E-state index contributed by atoms with van der Waals surface area (Å²) in [5, 5.41) is 11.3. The van der Waals surface area contributed by atoms with E-state index in [0.29, 0.717) is 30.6 Å². The van der Waals surface area contributed by atoms with Crippen molar-refractivity contribution in [1.29, 1.82) is 0 Å². The molecular weight excluding hydrogens is 350 g/mol. The maximum absolute atomic E-state index is 11.3. The first-order chi connectivity index (χ1) is 11.6. The van der Waals surface area contributed by atoms with Gasteiger partial charge in [0, 0.05) is 49.2 Å². The van der Waals surface area contributed by atoms with Crippen LogP contribution in [0.1, 0.15) is 15.2 Å². The summed E-state index contributed by atoms with van der Waals surface area (Å²) in [4.78, 5) is 27.2. The molecule has 1 aliphatic heterocycles. The molecule has 1 aromatic heterocycles. The largest absolute Gasteiger partial charge is 0.363 e. The van der Waals surface area contributed by atoms with Gasteiger partial charge in [-0.3, -0.25) is 19.8 Å². The highest BCUT2D eigenvalue weighted by Gasteiger charge is 2.24. The molecule has 8 heteroatoms. The third-order valence-electron chi connectivity index (χ3n) is 4.05. The zero-order valence-electron chi connectivity index (χ0n) is 12.9. The zero-order chi connectivity index (χ0) is 17.1. The minimum absolute atomic E-state index is 0.0157. The summed E-state index contributed by atoms with van der Waals surface area (Å²) < 4.78 is 0.787. The van der Waals surface area contributed by atoms with E-state index >= 15 is 0 Å². The van der Waals surface area contributed by atoms with Gasteiger partial charge in [-0.05, 0) is 24.3 Å². The SMILES string of the molecule is O=Cc1ccc(N2CCN(Cc3ccc(Cl)s3)CC2)c([N+](=O)[O-])c1. The smallest absolute Gasteiger partial charge is 0.293 e. The number of hydrogen-bond donors (Lipinski definition) is 0. The van der Waals surface area contributed by atoms with E-state index in [1.807, 2.05) is 17.0 Å². The monoisotopic (exact) mass is 365 g/mol. The maximum Gasteiger partial charge on any atom is 0.293 e. The first-order valence-electron chi connectivity index (χ1n) is 7.52. The molecule has 0 spiro atoms. The lowest BCUT2D eigenvalue weighted by molar-refractivity contribution is -0.384. The molecule has 0 saturated carbocycles. The van der Waals surface area contributed by atoms with Gasteiger partial charge >= 0.3 is 0 Å². The molecule has 1 aliphatic rings. The molecule has 6 nitrogen and oxygen atoms in total. The number of thiophene rings is 1. The van der Waals surface area contributed by atoms with Gasteiger partial charge in [0.25, 0.3) is 5.69 Å². The van der Waals surface area contributed by atoms with Crippen molar-refractivity contribution in [1.82, 2.24) is 4.90 Å². The van der Waals surface area contributed by atoms with Gasteiger partial charge in [0.1, 0.15) is 12.0 Å². The van der Waals surface area contributed by atoms with Gasteiger partial charge in [0.2, 0.25) is 0 Å². The molecule has 0 amide bonds. The second kappa shape index (κ2) is 7.29. The van der Waals surface area contributed by atoms with Gasteiger partial charge in [0.15, 0.2) is 0 Å². The van der Waals surface area contributed by atoms with Crippen molar-refractivity contribution in [2.45, 2.75) is 6.54 Å². The van der Waals surface area contributed by atoms with Crippen LogP contribution in [0.4, 0.5) is 11.4 Å². The molecule has 3 rings (SSSR count). The molecule has 1 fully saturated rings. The normalized spacial score (nSPS) is 15.5. The van der Waals surface area contributed by atoms with Gasteiger partial charge in [-0.15, -0.1) is 11.3 Å². The summed E-state index contributed by atoms with van der Waals surface area (Å²) in [5.41, 5.74) is 0.876. The Morgan fingerprint density at radius 3 is 2.54 bits per heavy atom. The number of nitrogens with zero attached hydrogens (tertiary/aromatic N) is 3. The van der Waals surface area contributed by atoms with Crippen molar-refractivity contribution in [2.75, 3.05) is 31.1 Å². The average Bonchev–Trinajstić information content (AvgIpc) is 3.00. The number of nitro groups is 1. The van der Waals surface area contributed by atoms with E-state index in [9.17, 15) is 14.9 Å². The highest BCUT2D eigenvalue weighted by Crippen LogP contribution is 2.30. The van der Waals surface area contributed by atoms with Gasteiger partial charge in [-0.1, -0.05) is 11.6 Å². The lowest BCUT2D eigenvalue weighted by Crippen LogP contribution is -2.46. The van der Waals surface area contributed by atoms with E-state index in [1.165, 1.54) is 10.9 Å². The fraction of sp³-hybridized carbons (Fsp3) is 0.312. The molecule has 0 aliphatic carbocycles. The first kappa shape index (κ1) is 16.9. The second-order valence-corrected chi connectivity index (χ2v) is 7.39. The van der Waals surface area contributed by atoms with Crippen LogP contribution in [0.2, 0.25) is 4.34 Å². The van der Waals surface area contributed by atoms with E-state index in [-0.39, 0.29) is 5.69 Å². The number of nitro benzene ring substituents is 1. The Kier molecular flexibility index (Phi) is 5.13. The predicted octanol–water partition coefficient (Wildman–Crippen LogP) is 3.44. The summed E-state index contributed by atoms with van der Waals surface area (Å²) in [6.07, 6.45) is 0.626. The summed E-state index contributed by atoms with van der Waals surface area (Å²) in [5.74, 6) is 0. The van der Waals surface area contributed by atoms with Gasteiger partial charge in [-0.2, -0.15) is 0 Å². The van der Waals surface area contributed by atoms with Crippen LogP contribution in [0.15, 0.2) is 30.3 Å². The molecule has 2 heterocycles. The summed E-state index contributed by atoms with van der Waals surface area (Å²) in [6.45, 7) is 3.91. The summed E-state index contributed by atoms with van der Waals surface area (Å²) in [6, 6.07) is 8.55. The Labute approximate surface area is 148 Å². The van der Waals surface area contributed by atoms with Crippen LogP contribution in [-0.2, 0) is 6.54 Å². The van der Waals surface area contributed by atoms with Crippen LogP contribution < -0.4 is 4.90 Å². The van der Waals surface area contributed by atoms with E-state index in [1.54, 1.807) is 23.5 Å². The summed E-state index contributed by atoms with van der Waals surface area (Å²) in [7, 11) is 0. The molecule has 0 atom stereocenters. The van der Waals surface area contributed by atoms with Gasteiger partial charge in [-0.25, -0.2) is 0 Å².